The molecule has 2 aromatic heterocycles. The Bertz CT molecular complexity index is 909. The highest BCUT2D eigenvalue weighted by atomic mass is 127. The lowest BCUT2D eigenvalue weighted by Gasteiger charge is -2.21. The van der Waals surface area contributed by atoms with E-state index in [4.69, 9.17) is 4.42 Å². The summed E-state index contributed by atoms with van der Waals surface area (Å²) in [5.74, 6) is 1.01. The van der Waals surface area contributed by atoms with Gasteiger partial charge in [0.25, 0.3) is 0 Å². The molecule has 150 valence electrons. The molecule has 0 amide bonds. The highest BCUT2D eigenvalue weighted by Gasteiger charge is 2.10. The number of nitrogens with one attached hydrogen (secondary N) is 1. The normalized spacial score (nSPS) is 11.2. The minimum absolute atomic E-state index is 0. The monoisotopic (exact) mass is 515 g/mol. The van der Waals surface area contributed by atoms with Crippen molar-refractivity contribution >= 4 is 41.3 Å². The van der Waals surface area contributed by atoms with E-state index in [-0.39, 0.29) is 29.8 Å². The van der Waals surface area contributed by atoms with Crippen LogP contribution in [0.2, 0.25) is 0 Å². The van der Waals surface area contributed by atoms with Gasteiger partial charge >= 0.3 is 0 Å². The number of rotatable bonds is 6. The Morgan fingerprint density at radius 2 is 2.00 bits per heavy atom. The third-order valence-corrected chi connectivity index (χ3v) is 4.77. The van der Waals surface area contributed by atoms with Crippen LogP contribution in [-0.4, -0.2) is 41.5 Å². The van der Waals surface area contributed by atoms with Gasteiger partial charge in [-0.3, -0.25) is 4.99 Å². The fourth-order valence-corrected chi connectivity index (χ4v) is 3.24. The van der Waals surface area contributed by atoms with Gasteiger partial charge in [0.05, 0.1) is 22.9 Å². The fraction of sp³-hybridized carbons (Fsp3) is 0.316. The Morgan fingerprint density at radius 3 is 2.64 bits per heavy atom. The summed E-state index contributed by atoms with van der Waals surface area (Å²) in [7, 11) is 3.74. The molecule has 0 atom stereocenters. The number of aromatic nitrogens is 2. The van der Waals surface area contributed by atoms with Gasteiger partial charge in [0.1, 0.15) is 12.1 Å². The maximum absolute atomic E-state index is 13.0. The number of hydrogen-bond donors (Lipinski definition) is 1. The quantitative estimate of drug-likeness (QED) is 0.304. The highest BCUT2D eigenvalue weighted by Crippen LogP contribution is 2.19. The summed E-state index contributed by atoms with van der Waals surface area (Å²) >= 11 is 1.64. The van der Waals surface area contributed by atoms with E-state index in [0.717, 1.165) is 27.9 Å². The molecule has 3 rings (SSSR count). The van der Waals surface area contributed by atoms with Crippen LogP contribution in [0.4, 0.5) is 4.39 Å². The van der Waals surface area contributed by atoms with Crippen molar-refractivity contribution < 1.29 is 8.81 Å². The van der Waals surface area contributed by atoms with Crippen LogP contribution in [0.15, 0.2) is 45.3 Å². The van der Waals surface area contributed by atoms with Gasteiger partial charge in [0.2, 0.25) is 5.89 Å². The molecule has 3 aromatic rings. The first-order chi connectivity index (χ1) is 13.0. The molecule has 1 aromatic carbocycles. The van der Waals surface area contributed by atoms with Gasteiger partial charge in [0.15, 0.2) is 5.96 Å². The molecule has 0 radical (unpaired) electrons. The molecule has 0 aliphatic carbocycles. The number of thiazole rings is 1. The van der Waals surface area contributed by atoms with Gasteiger partial charge in [-0.2, -0.15) is 0 Å². The second-order valence-corrected chi connectivity index (χ2v) is 7.15. The van der Waals surface area contributed by atoms with Crippen molar-refractivity contribution in [1.82, 2.24) is 20.2 Å². The first-order valence-corrected chi connectivity index (χ1v) is 9.46. The van der Waals surface area contributed by atoms with Crippen LogP contribution in [0.3, 0.4) is 0 Å². The molecule has 0 spiro atoms. The van der Waals surface area contributed by atoms with E-state index >= 15 is 0 Å². The van der Waals surface area contributed by atoms with Crippen LogP contribution >= 0.6 is 35.3 Å². The van der Waals surface area contributed by atoms with E-state index in [1.165, 1.54) is 12.1 Å². The van der Waals surface area contributed by atoms with Crippen LogP contribution in [0.25, 0.3) is 11.5 Å². The Kier molecular flexibility index (Phi) is 8.36. The topological polar surface area (TPSA) is 66.6 Å². The molecule has 0 aliphatic rings. The Hall–Kier alpha value is -2.01. The number of aliphatic imine (C=N–C) groups is 1. The maximum atomic E-state index is 13.0. The Labute approximate surface area is 184 Å². The molecule has 6 nitrogen and oxygen atoms in total. The van der Waals surface area contributed by atoms with Crippen molar-refractivity contribution in [2.45, 2.75) is 19.9 Å². The SMILES string of the molecule is CN=C(NCCc1coc(-c2ccc(F)cc2)n1)N(C)Cc1csc(C)n1.I. The van der Waals surface area contributed by atoms with E-state index in [1.807, 2.05) is 18.9 Å². The molecule has 1 N–H and O–H groups in total. The molecule has 28 heavy (non-hydrogen) atoms. The third kappa shape index (κ3) is 5.99. The second kappa shape index (κ2) is 10.5. The zero-order valence-electron chi connectivity index (χ0n) is 16.0. The third-order valence-electron chi connectivity index (χ3n) is 3.95. The van der Waals surface area contributed by atoms with Crippen molar-refractivity contribution in [1.29, 1.82) is 0 Å². The largest absolute Gasteiger partial charge is 0.444 e. The molecular weight excluding hydrogens is 492 g/mol. The van der Waals surface area contributed by atoms with Gasteiger partial charge < -0.3 is 14.6 Å². The number of hydrogen-bond acceptors (Lipinski definition) is 5. The van der Waals surface area contributed by atoms with E-state index in [1.54, 1.807) is 36.8 Å². The maximum Gasteiger partial charge on any atom is 0.226 e. The summed E-state index contributed by atoms with van der Waals surface area (Å²) in [6.07, 6.45) is 2.32. The molecule has 0 saturated carbocycles. The number of halogens is 2. The van der Waals surface area contributed by atoms with E-state index < -0.39 is 0 Å². The molecule has 0 aliphatic heterocycles. The zero-order valence-corrected chi connectivity index (χ0v) is 19.1. The average molecular weight is 515 g/mol. The van der Waals surface area contributed by atoms with Crippen molar-refractivity contribution in [3.63, 3.8) is 0 Å². The summed E-state index contributed by atoms with van der Waals surface area (Å²) in [6, 6.07) is 6.09. The minimum Gasteiger partial charge on any atom is -0.444 e. The van der Waals surface area contributed by atoms with Crippen LogP contribution in [0.5, 0.6) is 0 Å². The van der Waals surface area contributed by atoms with Crippen molar-refractivity contribution in [2.75, 3.05) is 20.6 Å². The predicted octanol–water partition coefficient (Wildman–Crippen LogP) is 4.11. The van der Waals surface area contributed by atoms with Gasteiger partial charge in [0, 0.05) is 38.0 Å². The van der Waals surface area contributed by atoms with Gasteiger partial charge in [-0.1, -0.05) is 0 Å². The smallest absolute Gasteiger partial charge is 0.226 e. The van der Waals surface area contributed by atoms with E-state index in [0.29, 0.717) is 25.4 Å². The molecule has 0 unspecified atom stereocenters. The summed E-state index contributed by atoms with van der Waals surface area (Å²) in [6.45, 7) is 3.37. The number of oxazole rings is 1. The Morgan fingerprint density at radius 1 is 1.25 bits per heavy atom. The van der Waals surface area contributed by atoms with Crippen LogP contribution in [0.1, 0.15) is 16.4 Å². The zero-order chi connectivity index (χ0) is 19.2. The van der Waals surface area contributed by atoms with Gasteiger partial charge in [-0.05, 0) is 31.2 Å². The molecule has 0 fully saturated rings. The van der Waals surface area contributed by atoms with Crippen molar-refractivity contribution in [3.05, 3.63) is 58.1 Å². The first-order valence-electron chi connectivity index (χ1n) is 8.58. The molecule has 9 heteroatoms. The fourth-order valence-electron chi connectivity index (χ4n) is 2.63. The minimum atomic E-state index is -0.280. The second-order valence-electron chi connectivity index (χ2n) is 6.09. The first kappa shape index (κ1) is 22.3. The number of benzene rings is 1. The summed E-state index contributed by atoms with van der Waals surface area (Å²) in [5, 5.41) is 6.44. The van der Waals surface area contributed by atoms with Gasteiger partial charge in [-0.25, -0.2) is 14.4 Å². The van der Waals surface area contributed by atoms with E-state index in [9.17, 15) is 4.39 Å². The molecule has 0 bridgehead atoms. The predicted molar refractivity (Wildman–Crippen MR) is 121 cm³/mol. The molecular formula is C19H23FIN5OS. The van der Waals surface area contributed by atoms with Gasteiger partial charge in [-0.15, -0.1) is 35.3 Å². The summed E-state index contributed by atoms with van der Waals surface area (Å²) in [5.41, 5.74) is 2.61. The lowest BCUT2D eigenvalue weighted by molar-refractivity contribution is 0.471. The number of nitrogens with zero attached hydrogens (tertiary/aromatic N) is 4. The standard InChI is InChI=1S/C19H22FN5OS.HI/c1-13-23-17(12-27-13)10-25(3)19(21-2)22-9-8-16-11-26-18(24-16)14-4-6-15(20)7-5-14;/h4-7,11-12H,8-10H2,1-3H3,(H,21,22);1H. The highest BCUT2D eigenvalue weighted by molar-refractivity contribution is 14.0. The number of guanidine groups is 1. The number of aryl methyl sites for hydroxylation is 1. The van der Waals surface area contributed by atoms with Crippen LogP contribution in [0, 0.1) is 12.7 Å². The van der Waals surface area contributed by atoms with Crippen LogP contribution in [-0.2, 0) is 13.0 Å². The average Bonchev–Trinajstić information content (AvgIpc) is 3.28. The lowest BCUT2D eigenvalue weighted by atomic mass is 10.2. The van der Waals surface area contributed by atoms with E-state index in [2.05, 4.69) is 25.7 Å². The van der Waals surface area contributed by atoms with Crippen molar-refractivity contribution in [2.24, 2.45) is 4.99 Å². The van der Waals surface area contributed by atoms with Crippen molar-refractivity contribution in [3.8, 4) is 11.5 Å². The molecule has 2 heterocycles. The summed E-state index contributed by atoms with van der Waals surface area (Å²) < 4.78 is 18.5. The lowest BCUT2D eigenvalue weighted by Crippen LogP contribution is -2.39. The summed E-state index contributed by atoms with van der Waals surface area (Å²) in [4.78, 5) is 15.3. The molecule has 0 saturated heterocycles. The van der Waals surface area contributed by atoms with Crippen LogP contribution < -0.4 is 5.32 Å². The Balaban J connectivity index is 0.00000280.